The predicted octanol–water partition coefficient (Wildman–Crippen LogP) is 3.04. The number of carbonyl (C=O) groups excluding carboxylic acids is 1. The lowest BCUT2D eigenvalue weighted by Crippen LogP contribution is -2.38. The molecule has 1 fully saturated rings. The van der Waals surface area contributed by atoms with Gasteiger partial charge in [0.25, 0.3) is 0 Å². The second-order valence-electron chi connectivity index (χ2n) is 6.65. The van der Waals surface area contributed by atoms with E-state index in [4.69, 9.17) is 18.7 Å². The number of fused-ring (bicyclic) bond motifs is 1. The zero-order chi connectivity index (χ0) is 17.8. The molecule has 2 aliphatic rings. The fourth-order valence-corrected chi connectivity index (χ4v) is 3.33. The summed E-state index contributed by atoms with van der Waals surface area (Å²) in [6.07, 6.45) is 5.77. The predicted molar refractivity (Wildman–Crippen MR) is 92.7 cm³/mol. The summed E-state index contributed by atoms with van der Waals surface area (Å²) in [5.74, 6) is 1.96. The van der Waals surface area contributed by atoms with Crippen molar-refractivity contribution in [3.63, 3.8) is 0 Å². The Hall–Kier alpha value is -2.54. The molecule has 0 saturated heterocycles. The fraction of sp³-hybridized carbons (Fsp3) is 0.474. The first-order chi connectivity index (χ1) is 12.8. The van der Waals surface area contributed by atoms with E-state index >= 15 is 0 Å². The summed E-state index contributed by atoms with van der Waals surface area (Å²) >= 11 is 0. The monoisotopic (exact) mass is 358 g/mol. The van der Waals surface area contributed by atoms with E-state index in [-0.39, 0.29) is 25.9 Å². The standard InChI is InChI=1S/C19H22N2O5/c22-19(20-14-4-2-1-3-5-14)11-23-10-15-9-17(26-21-15)13-6-7-16-18(8-13)25-12-24-16/h6-9,14H,1-5,10-12H2,(H,20,22). The summed E-state index contributed by atoms with van der Waals surface area (Å²) in [5.41, 5.74) is 1.49. The summed E-state index contributed by atoms with van der Waals surface area (Å²) < 4.78 is 21.5. The minimum atomic E-state index is -0.0728. The van der Waals surface area contributed by atoms with Gasteiger partial charge in [-0.25, -0.2) is 0 Å². The van der Waals surface area contributed by atoms with Crippen LogP contribution in [-0.2, 0) is 16.1 Å². The average molecular weight is 358 g/mol. The molecule has 138 valence electrons. The van der Waals surface area contributed by atoms with Crippen LogP contribution in [0.5, 0.6) is 11.5 Å². The zero-order valence-electron chi connectivity index (χ0n) is 14.5. The van der Waals surface area contributed by atoms with Crippen LogP contribution in [0.1, 0.15) is 37.8 Å². The Morgan fingerprint density at radius 1 is 1.15 bits per heavy atom. The minimum Gasteiger partial charge on any atom is -0.454 e. The number of carbonyl (C=O) groups is 1. The third-order valence-electron chi connectivity index (χ3n) is 4.67. The number of benzene rings is 1. The summed E-state index contributed by atoms with van der Waals surface area (Å²) in [7, 11) is 0. The van der Waals surface area contributed by atoms with Crippen LogP contribution in [0.2, 0.25) is 0 Å². The van der Waals surface area contributed by atoms with Gasteiger partial charge in [-0.15, -0.1) is 0 Å². The number of nitrogens with zero attached hydrogens (tertiary/aromatic N) is 1. The molecule has 4 rings (SSSR count). The molecule has 1 aliphatic heterocycles. The first kappa shape index (κ1) is 16.9. The van der Waals surface area contributed by atoms with Gasteiger partial charge in [-0.1, -0.05) is 24.4 Å². The Morgan fingerprint density at radius 2 is 2.00 bits per heavy atom. The highest BCUT2D eigenvalue weighted by atomic mass is 16.7. The van der Waals surface area contributed by atoms with Crippen LogP contribution in [0, 0.1) is 0 Å². The molecule has 2 heterocycles. The molecule has 0 spiro atoms. The van der Waals surface area contributed by atoms with E-state index < -0.39 is 0 Å². The van der Waals surface area contributed by atoms with Crippen LogP contribution in [0.15, 0.2) is 28.8 Å². The smallest absolute Gasteiger partial charge is 0.246 e. The van der Waals surface area contributed by atoms with Crippen molar-refractivity contribution < 1.29 is 23.5 Å². The Labute approximate surface area is 151 Å². The lowest BCUT2D eigenvalue weighted by Gasteiger charge is -2.22. The van der Waals surface area contributed by atoms with Crippen molar-refractivity contribution in [1.82, 2.24) is 10.5 Å². The van der Waals surface area contributed by atoms with Crippen molar-refractivity contribution in [3.05, 3.63) is 30.0 Å². The molecule has 1 amide bonds. The van der Waals surface area contributed by atoms with Crippen LogP contribution in [-0.4, -0.2) is 30.5 Å². The molecule has 7 heteroatoms. The van der Waals surface area contributed by atoms with Gasteiger partial charge in [-0.2, -0.15) is 0 Å². The summed E-state index contributed by atoms with van der Waals surface area (Å²) in [5, 5.41) is 7.02. The van der Waals surface area contributed by atoms with E-state index in [9.17, 15) is 4.79 Å². The maximum atomic E-state index is 11.9. The van der Waals surface area contributed by atoms with Crippen molar-refractivity contribution in [3.8, 4) is 22.8 Å². The van der Waals surface area contributed by atoms with Crippen LogP contribution >= 0.6 is 0 Å². The second-order valence-corrected chi connectivity index (χ2v) is 6.65. The van der Waals surface area contributed by atoms with Crippen molar-refractivity contribution in [2.45, 2.75) is 44.8 Å². The Morgan fingerprint density at radius 3 is 2.88 bits per heavy atom. The summed E-state index contributed by atoms with van der Waals surface area (Å²) in [6, 6.07) is 7.67. The maximum absolute atomic E-state index is 11.9. The lowest BCUT2D eigenvalue weighted by molar-refractivity contribution is -0.127. The van der Waals surface area contributed by atoms with E-state index in [1.165, 1.54) is 19.3 Å². The highest BCUT2D eigenvalue weighted by Crippen LogP contribution is 2.36. The third-order valence-corrected chi connectivity index (χ3v) is 4.67. The number of aromatic nitrogens is 1. The molecule has 1 aromatic carbocycles. The van der Waals surface area contributed by atoms with Crippen molar-refractivity contribution in [2.75, 3.05) is 13.4 Å². The number of amides is 1. The maximum Gasteiger partial charge on any atom is 0.246 e. The fourth-order valence-electron chi connectivity index (χ4n) is 3.33. The van der Waals surface area contributed by atoms with E-state index in [0.29, 0.717) is 23.2 Å². The normalized spacial score (nSPS) is 16.6. The van der Waals surface area contributed by atoms with Gasteiger partial charge < -0.3 is 24.1 Å². The second kappa shape index (κ2) is 7.78. The molecule has 0 bridgehead atoms. The van der Waals surface area contributed by atoms with Crippen LogP contribution in [0.4, 0.5) is 0 Å². The molecular formula is C19H22N2O5. The Kier molecular flexibility index (Phi) is 5.06. The molecule has 1 N–H and O–H groups in total. The van der Waals surface area contributed by atoms with Gasteiger partial charge in [0.05, 0.1) is 6.61 Å². The van der Waals surface area contributed by atoms with E-state index in [0.717, 1.165) is 24.2 Å². The summed E-state index contributed by atoms with van der Waals surface area (Å²) in [6.45, 7) is 0.492. The first-order valence-corrected chi connectivity index (χ1v) is 9.01. The number of hydrogen-bond acceptors (Lipinski definition) is 6. The topological polar surface area (TPSA) is 82.8 Å². The minimum absolute atomic E-state index is 0.0305. The third kappa shape index (κ3) is 3.99. The number of rotatable bonds is 6. The van der Waals surface area contributed by atoms with Gasteiger partial charge in [0.1, 0.15) is 12.3 Å². The van der Waals surface area contributed by atoms with Crippen molar-refractivity contribution in [1.29, 1.82) is 0 Å². The van der Waals surface area contributed by atoms with Gasteiger partial charge in [-0.05, 0) is 31.0 Å². The molecular weight excluding hydrogens is 336 g/mol. The van der Waals surface area contributed by atoms with E-state index in [1.807, 2.05) is 18.2 Å². The van der Waals surface area contributed by atoms with E-state index in [1.54, 1.807) is 6.07 Å². The Balaban J connectivity index is 1.26. The van der Waals surface area contributed by atoms with Crippen LogP contribution in [0.3, 0.4) is 0 Å². The number of hydrogen-bond donors (Lipinski definition) is 1. The van der Waals surface area contributed by atoms with Gasteiger partial charge in [0.15, 0.2) is 17.3 Å². The molecule has 0 radical (unpaired) electrons. The molecule has 1 aromatic heterocycles. The largest absolute Gasteiger partial charge is 0.454 e. The molecule has 7 nitrogen and oxygen atoms in total. The number of nitrogens with one attached hydrogen (secondary N) is 1. The van der Waals surface area contributed by atoms with Crippen molar-refractivity contribution >= 4 is 5.91 Å². The number of ether oxygens (including phenoxy) is 3. The Bertz CT molecular complexity index is 767. The molecule has 1 aliphatic carbocycles. The summed E-state index contributed by atoms with van der Waals surface area (Å²) in [4.78, 5) is 11.9. The average Bonchev–Trinajstić information content (AvgIpc) is 3.31. The highest BCUT2D eigenvalue weighted by molar-refractivity contribution is 5.77. The highest BCUT2D eigenvalue weighted by Gasteiger charge is 2.17. The lowest BCUT2D eigenvalue weighted by atomic mass is 9.95. The zero-order valence-corrected chi connectivity index (χ0v) is 14.5. The first-order valence-electron chi connectivity index (χ1n) is 9.01. The van der Waals surface area contributed by atoms with Crippen molar-refractivity contribution in [2.24, 2.45) is 0 Å². The molecule has 1 saturated carbocycles. The van der Waals surface area contributed by atoms with E-state index in [2.05, 4.69) is 10.5 Å². The molecule has 26 heavy (non-hydrogen) atoms. The molecule has 0 unspecified atom stereocenters. The van der Waals surface area contributed by atoms with Gasteiger partial charge >= 0.3 is 0 Å². The molecule has 2 aromatic rings. The molecule has 0 atom stereocenters. The quantitative estimate of drug-likeness (QED) is 0.855. The van der Waals surface area contributed by atoms with Gasteiger partial charge in [0, 0.05) is 17.7 Å². The van der Waals surface area contributed by atoms with Gasteiger partial charge in [0.2, 0.25) is 12.7 Å². The van der Waals surface area contributed by atoms with Crippen LogP contribution < -0.4 is 14.8 Å². The van der Waals surface area contributed by atoms with Gasteiger partial charge in [-0.3, -0.25) is 4.79 Å². The SMILES string of the molecule is O=C(COCc1cc(-c2ccc3c(c2)OCO3)on1)NC1CCCCC1. The van der Waals surface area contributed by atoms with Crippen LogP contribution in [0.25, 0.3) is 11.3 Å².